The van der Waals surface area contributed by atoms with Crippen LogP contribution in [0.15, 0.2) is 0 Å². The van der Waals surface area contributed by atoms with Gasteiger partial charge in [-0.15, -0.1) is 0 Å². The maximum absolute atomic E-state index is 11.4. The van der Waals surface area contributed by atoms with Gasteiger partial charge in [0.2, 0.25) is 0 Å². The van der Waals surface area contributed by atoms with Crippen molar-refractivity contribution in [3.8, 4) is 0 Å². The molecular formula is C10H20N2O5. The Morgan fingerprint density at radius 3 is 2.41 bits per heavy atom. The van der Waals surface area contributed by atoms with Crippen LogP contribution in [-0.4, -0.2) is 54.1 Å². The number of methoxy groups -OCH3 is 1. The van der Waals surface area contributed by atoms with Gasteiger partial charge >= 0.3 is 12.0 Å². The van der Waals surface area contributed by atoms with E-state index in [0.717, 1.165) is 0 Å². The van der Waals surface area contributed by atoms with Crippen LogP contribution in [0.1, 0.15) is 20.3 Å². The van der Waals surface area contributed by atoms with Crippen LogP contribution in [0.4, 0.5) is 4.79 Å². The van der Waals surface area contributed by atoms with Crippen LogP contribution < -0.4 is 10.6 Å². The Morgan fingerprint density at radius 2 is 2.00 bits per heavy atom. The molecule has 0 saturated heterocycles. The highest BCUT2D eigenvalue weighted by Gasteiger charge is 2.21. The second-order valence-corrected chi connectivity index (χ2v) is 4.19. The molecule has 0 bridgehead atoms. The summed E-state index contributed by atoms with van der Waals surface area (Å²) in [5.41, 5.74) is -0.521. The molecule has 0 spiro atoms. The number of nitrogens with one attached hydrogen (secondary N) is 2. The van der Waals surface area contributed by atoms with E-state index in [9.17, 15) is 9.59 Å². The summed E-state index contributed by atoms with van der Waals surface area (Å²) >= 11 is 0. The molecule has 0 saturated carbocycles. The zero-order valence-electron chi connectivity index (χ0n) is 10.3. The number of hydrogen-bond acceptors (Lipinski definition) is 4. The lowest BCUT2D eigenvalue weighted by atomic mass is 10.1. The Morgan fingerprint density at radius 1 is 1.41 bits per heavy atom. The van der Waals surface area contributed by atoms with Crippen molar-refractivity contribution < 1.29 is 24.5 Å². The SMILES string of the molecule is COC(C)(C)CNC(=O)N[C@@H](CCO)C(=O)O. The van der Waals surface area contributed by atoms with Crippen molar-refractivity contribution in [1.29, 1.82) is 0 Å². The number of amides is 2. The minimum atomic E-state index is -1.18. The summed E-state index contributed by atoms with van der Waals surface area (Å²) in [4.78, 5) is 22.1. The first-order chi connectivity index (χ1) is 7.82. The molecule has 0 heterocycles. The zero-order valence-corrected chi connectivity index (χ0v) is 10.3. The Labute approximate surface area is 100 Å². The Bertz CT molecular complexity index is 267. The molecule has 0 rings (SSSR count). The third-order valence-electron chi connectivity index (χ3n) is 2.25. The molecule has 0 aliphatic heterocycles. The van der Waals surface area contributed by atoms with E-state index in [4.69, 9.17) is 14.9 Å². The van der Waals surface area contributed by atoms with E-state index in [0.29, 0.717) is 0 Å². The molecule has 4 N–H and O–H groups in total. The average molecular weight is 248 g/mol. The zero-order chi connectivity index (χ0) is 13.5. The molecule has 0 unspecified atom stereocenters. The van der Waals surface area contributed by atoms with E-state index in [2.05, 4.69) is 10.6 Å². The lowest BCUT2D eigenvalue weighted by molar-refractivity contribution is -0.139. The van der Waals surface area contributed by atoms with Crippen molar-refractivity contribution in [1.82, 2.24) is 10.6 Å². The van der Waals surface area contributed by atoms with Crippen molar-refractivity contribution in [2.75, 3.05) is 20.3 Å². The standard InChI is InChI=1S/C10H20N2O5/c1-10(2,17-3)6-11-9(16)12-7(4-5-13)8(14)15/h7,13H,4-6H2,1-3H3,(H,14,15)(H2,11,12,16)/t7-/m0/s1. The number of aliphatic hydroxyl groups excluding tert-OH is 1. The van der Waals surface area contributed by atoms with Crippen LogP contribution in [0.3, 0.4) is 0 Å². The predicted octanol–water partition coefficient (Wildman–Crippen LogP) is -0.454. The number of carboxylic acids is 1. The number of carbonyl (C=O) groups is 2. The number of urea groups is 1. The van der Waals surface area contributed by atoms with Crippen LogP contribution in [0.5, 0.6) is 0 Å². The van der Waals surface area contributed by atoms with Gasteiger partial charge in [0.05, 0.1) is 5.60 Å². The number of carbonyl (C=O) groups excluding carboxylic acids is 1. The topological polar surface area (TPSA) is 108 Å². The minimum Gasteiger partial charge on any atom is -0.480 e. The lowest BCUT2D eigenvalue weighted by Crippen LogP contribution is -2.49. The van der Waals surface area contributed by atoms with Crippen molar-refractivity contribution in [2.24, 2.45) is 0 Å². The van der Waals surface area contributed by atoms with Gasteiger partial charge in [-0.1, -0.05) is 0 Å². The van der Waals surface area contributed by atoms with E-state index in [-0.39, 0.29) is 19.6 Å². The molecule has 0 aromatic rings. The van der Waals surface area contributed by atoms with Crippen molar-refractivity contribution in [3.63, 3.8) is 0 Å². The van der Waals surface area contributed by atoms with Crippen LogP contribution >= 0.6 is 0 Å². The quantitative estimate of drug-likeness (QED) is 0.488. The van der Waals surface area contributed by atoms with Crippen molar-refractivity contribution >= 4 is 12.0 Å². The maximum atomic E-state index is 11.4. The maximum Gasteiger partial charge on any atom is 0.326 e. The third-order valence-corrected chi connectivity index (χ3v) is 2.25. The molecule has 2 amide bonds. The molecule has 0 fully saturated rings. The van der Waals surface area contributed by atoms with Gasteiger partial charge in [0, 0.05) is 26.7 Å². The van der Waals surface area contributed by atoms with Gasteiger partial charge in [-0.2, -0.15) is 0 Å². The molecule has 100 valence electrons. The number of aliphatic hydroxyl groups is 1. The molecular weight excluding hydrogens is 228 g/mol. The van der Waals surface area contributed by atoms with Gasteiger partial charge in [0.1, 0.15) is 6.04 Å². The Kier molecular flexibility index (Phi) is 6.52. The predicted molar refractivity (Wildman–Crippen MR) is 60.7 cm³/mol. The van der Waals surface area contributed by atoms with Gasteiger partial charge < -0.3 is 25.6 Å². The number of rotatable bonds is 7. The summed E-state index contributed by atoms with van der Waals surface area (Å²) in [6.45, 7) is 3.52. The highest BCUT2D eigenvalue weighted by atomic mass is 16.5. The summed E-state index contributed by atoms with van der Waals surface area (Å²) in [6, 6.07) is -1.69. The first kappa shape index (κ1) is 15.7. The van der Waals surface area contributed by atoms with Crippen LogP contribution in [0.2, 0.25) is 0 Å². The van der Waals surface area contributed by atoms with E-state index in [1.807, 2.05) is 0 Å². The third kappa shape index (κ3) is 6.75. The summed E-state index contributed by atoms with van der Waals surface area (Å²) in [5, 5.41) is 22.1. The number of carboxylic acid groups (broad SMARTS) is 1. The summed E-state index contributed by atoms with van der Waals surface area (Å²) in [6.07, 6.45) is -0.0313. The van der Waals surface area contributed by atoms with Gasteiger partial charge in [-0.05, 0) is 13.8 Å². The molecule has 0 aliphatic rings. The van der Waals surface area contributed by atoms with E-state index in [1.54, 1.807) is 13.8 Å². The fourth-order valence-electron chi connectivity index (χ4n) is 0.961. The molecule has 0 radical (unpaired) electrons. The number of ether oxygens (including phenoxy) is 1. The van der Waals surface area contributed by atoms with Crippen LogP contribution in [-0.2, 0) is 9.53 Å². The van der Waals surface area contributed by atoms with Crippen molar-refractivity contribution in [2.45, 2.75) is 31.9 Å². The van der Waals surface area contributed by atoms with E-state index >= 15 is 0 Å². The molecule has 7 nitrogen and oxygen atoms in total. The molecule has 17 heavy (non-hydrogen) atoms. The summed E-state index contributed by atoms with van der Waals surface area (Å²) < 4.78 is 5.09. The molecule has 0 aromatic carbocycles. The minimum absolute atomic E-state index is 0.0313. The van der Waals surface area contributed by atoms with E-state index in [1.165, 1.54) is 7.11 Å². The second-order valence-electron chi connectivity index (χ2n) is 4.19. The smallest absolute Gasteiger partial charge is 0.326 e. The van der Waals surface area contributed by atoms with Gasteiger partial charge in [0.25, 0.3) is 0 Å². The Balaban J connectivity index is 4.11. The van der Waals surface area contributed by atoms with Crippen LogP contribution in [0.25, 0.3) is 0 Å². The normalized spacial score (nSPS) is 12.9. The fraction of sp³-hybridized carbons (Fsp3) is 0.800. The van der Waals surface area contributed by atoms with Gasteiger partial charge in [-0.25, -0.2) is 9.59 Å². The fourth-order valence-corrected chi connectivity index (χ4v) is 0.961. The monoisotopic (exact) mass is 248 g/mol. The van der Waals surface area contributed by atoms with Crippen LogP contribution in [0, 0.1) is 0 Å². The molecule has 1 atom stereocenters. The van der Waals surface area contributed by atoms with E-state index < -0.39 is 23.6 Å². The second kappa shape index (κ2) is 7.08. The summed E-state index contributed by atoms with van der Waals surface area (Å²) in [7, 11) is 1.52. The molecule has 0 aliphatic carbocycles. The first-order valence-corrected chi connectivity index (χ1v) is 5.25. The number of aliphatic carboxylic acids is 1. The number of hydrogen-bond donors (Lipinski definition) is 4. The summed E-state index contributed by atoms with van der Waals surface area (Å²) in [5.74, 6) is -1.18. The highest BCUT2D eigenvalue weighted by molar-refractivity contribution is 5.82. The highest BCUT2D eigenvalue weighted by Crippen LogP contribution is 2.04. The lowest BCUT2D eigenvalue weighted by Gasteiger charge is -2.23. The average Bonchev–Trinajstić information content (AvgIpc) is 2.26. The van der Waals surface area contributed by atoms with Gasteiger partial charge in [-0.3, -0.25) is 0 Å². The molecule has 7 heteroatoms. The Hall–Kier alpha value is -1.34. The van der Waals surface area contributed by atoms with Crippen molar-refractivity contribution in [3.05, 3.63) is 0 Å². The van der Waals surface area contributed by atoms with Gasteiger partial charge in [0.15, 0.2) is 0 Å². The first-order valence-electron chi connectivity index (χ1n) is 5.25. The largest absolute Gasteiger partial charge is 0.480 e. The molecule has 0 aromatic heterocycles.